The van der Waals surface area contributed by atoms with E-state index >= 15 is 0 Å². The van der Waals surface area contributed by atoms with Crippen molar-refractivity contribution in [3.8, 4) is 0 Å². The average Bonchev–Trinajstić information content (AvgIpc) is 3.15. The standard InChI is InChI=1S/C18H19BrN4O3S/c1-4-23-14(8-11(3)21-23)17(25)20-18-22(10-16(24)26-5-2)13-7-6-12(19)9-15(13)27-18/h6-9H,4-5,10H2,1-3H3. The highest BCUT2D eigenvalue weighted by molar-refractivity contribution is 9.10. The second kappa shape index (κ2) is 8.18. The van der Waals surface area contributed by atoms with Gasteiger partial charge in [0, 0.05) is 11.0 Å². The Morgan fingerprint density at radius 1 is 1.30 bits per heavy atom. The van der Waals surface area contributed by atoms with Crippen molar-refractivity contribution in [1.82, 2.24) is 14.3 Å². The maximum Gasteiger partial charge on any atom is 0.326 e. The number of aromatic nitrogens is 3. The van der Waals surface area contributed by atoms with Gasteiger partial charge in [-0.2, -0.15) is 10.1 Å². The van der Waals surface area contributed by atoms with Crippen LogP contribution in [0.2, 0.25) is 0 Å². The molecule has 0 unspecified atom stereocenters. The summed E-state index contributed by atoms with van der Waals surface area (Å²) in [6, 6.07) is 7.43. The zero-order valence-corrected chi connectivity index (χ0v) is 17.6. The Balaban J connectivity index is 2.12. The number of esters is 1. The van der Waals surface area contributed by atoms with Gasteiger partial charge in [0.25, 0.3) is 5.91 Å². The molecule has 0 atom stereocenters. The van der Waals surface area contributed by atoms with Crippen LogP contribution in [-0.2, 0) is 22.6 Å². The summed E-state index contributed by atoms with van der Waals surface area (Å²) in [5, 5.41) is 4.29. The lowest BCUT2D eigenvalue weighted by molar-refractivity contribution is -0.143. The molecule has 0 saturated heterocycles. The molecule has 0 radical (unpaired) electrons. The third-order valence-corrected chi connectivity index (χ3v) is 5.39. The Kier molecular flexibility index (Phi) is 5.91. The van der Waals surface area contributed by atoms with Crippen LogP contribution in [0.25, 0.3) is 10.2 Å². The minimum absolute atomic E-state index is 0.00630. The first kappa shape index (κ1) is 19.5. The maximum absolute atomic E-state index is 12.8. The number of nitrogens with zero attached hydrogens (tertiary/aromatic N) is 4. The predicted molar refractivity (Wildman–Crippen MR) is 107 cm³/mol. The number of amides is 1. The zero-order valence-electron chi connectivity index (χ0n) is 15.2. The van der Waals surface area contributed by atoms with Gasteiger partial charge in [-0.3, -0.25) is 14.3 Å². The van der Waals surface area contributed by atoms with Crippen LogP contribution in [0.15, 0.2) is 33.7 Å². The van der Waals surface area contributed by atoms with E-state index in [1.54, 1.807) is 22.2 Å². The SMILES string of the molecule is CCOC(=O)Cn1c(=NC(=O)c2cc(C)nn2CC)sc2cc(Br)ccc21. The first-order valence-electron chi connectivity index (χ1n) is 8.51. The molecule has 7 nitrogen and oxygen atoms in total. The first-order chi connectivity index (χ1) is 12.9. The fourth-order valence-corrected chi connectivity index (χ4v) is 4.30. The topological polar surface area (TPSA) is 78.5 Å². The van der Waals surface area contributed by atoms with Crippen LogP contribution in [0.1, 0.15) is 30.0 Å². The smallest absolute Gasteiger partial charge is 0.326 e. The second-order valence-corrected chi connectivity index (χ2v) is 7.72. The Bertz CT molecular complexity index is 1080. The second-order valence-electron chi connectivity index (χ2n) is 5.79. The molecule has 3 aromatic rings. The number of ether oxygens (including phenoxy) is 1. The molecule has 1 amide bonds. The molecule has 0 aliphatic heterocycles. The van der Waals surface area contributed by atoms with Crippen LogP contribution in [0.3, 0.4) is 0 Å². The van der Waals surface area contributed by atoms with Gasteiger partial charge < -0.3 is 9.30 Å². The monoisotopic (exact) mass is 450 g/mol. The van der Waals surface area contributed by atoms with Crippen molar-refractivity contribution in [3.63, 3.8) is 0 Å². The fraction of sp³-hybridized carbons (Fsp3) is 0.333. The highest BCUT2D eigenvalue weighted by Gasteiger charge is 2.16. The number of benzene rings is 1. The van der Waals surface area contributed by atoms with E-state index < -0.39 is 0 Å². The van der Waals surface area contributed by atoms with Crippen molar-refractivity contribution in [1.29, 1.82) is 0 Å². The van der Waals surface area contributed by atoms with Gasteiger partial charge in [0.15, 0.2) is 4.80 Å². The number of carbonyl (C=O) groups excluding carboxylic acids is 2. The Morgan fingerprint density at radius 2 is 2.07 bits per heavy atom. The third kappa shape index (κ3) is 4.19. The predicted octanol–water partition coefficient (Wildman–Crippen LogP) is 3.29. The molecule has 2 heterocycles. The summed E-state index contributed by atoms with van der Waals surface area (Å²) < 4.78 is 10.2. The lowest BCUT2D eigenvalue weighted by Gasteiger charge is -2.05. The normalized spacial score (nSPS) is 11.9. The van der Waals surface area contributed by atoms with E-state index in [2.05, 4.69) is 26.0 Å². The molecule has 1 aromatic carbocycles. The molecule has 9 heteroatoms. The van der Waals surface area contributed by atoms with E-state index in [1.807, 2.05) is 32.0 Å². The molecule has 27 heavy (non-hydrogen) atoms. The Hall–Kier alpha value is -2.26. The molecule has 0 spiro atoms. The van der Waals surface area contributed by atoms with Gasteiger partial charge >= 0.3 is 5.97 Å². The molecule has 2 aromatic heterocycles. The minimum Gasteiger partial charge on any atom is -0.465 e. The number of thiazole rings is 1. The number of hydrogen-bond acceptors (Lipinski definition) is 5. The van der Waals surface area contributed by atoms with Crippen LogP contribution < -0.4 is 4.80 Å². The number of rotatable bonds is 5. The van der Waals surface area contributed by atoms with Crippen molar-refractivity contribution in [2.45, 2.75) is 33.9 Å². The summed E-state index contributed by atoms with van der Waals surface area (Å²) in [5.41, 5.74) is 2.01. The number of fused-ring (bicyclic) bond motifs is 1. The van der Waals surface area contributed by atoms with Crippen molar-refractivity contribution in [2.75, 3.05) is 6.61 Å². The summed E-state index contributed by atoms with van der Waals surface area (Å²) in [6.07, 6.45) is 0. The van der Waals surface area contributed by atoms with Crippen molar-refractivity contribution >= 4 is 49.4 Å². The molecule has 142 valence electrons. The number of halogens is 1. The van der Waals surface area contributed by atoms with Crippen LogP contribution in [0.4, 0.5) is 0 Å². The van der Waals surface area contributed by atoms with E-state index in [9.17, 15) is 9.59 Å². The first-order valence-corrected chi connectivity index (χ1v) is 10.1. The van der Waals surface area contributed by atoms with E-state index in [0.29, 0.717) is 23.6 Å². The lowest BCUT2D eigenvalue weighted by atomic mass is 10.3. The Morgan fingerprint density at radius 3 is 2.78 bits per heavy atom. The summed E-state index contributed by atoms with van der Waals surface area (Å²) in [6.45, 7) is 6.38. The largest absolute Gasteiger partial charge is 0.465 e. The highest BCUT2D eigenvalue weighted by atomic mass is 79.9. The zero-order chi connectivity index (χ0) is 19.6. The van der Waals surface area contributed by atoms with E-state index in [4.69, 9.17) is 4.74 Å². The molecular formula is C18H19BrN4O3S. The Labute approximate surface area is 168 Å². The number of aryl methyl sites for hydroxylation is 2. The quantitative estimate of drug-likeness (QED) is 0.558. The summed E-state index contributed by atoms with van der Waals surface area (Å²) in [4.78, 5) is 29.5. The molecule has 3 rings (SSSR count). The summed E-state index contributed by atoms with van der Waals surface area (Å²) in [5.74, 6) is -0.760. The fourth-order valence-electron chi connectivity index (χ4n) is 2.72. The molecule has 0 bridgehead atoms. The molecule has 0 saturated carbocycles. The maximum atomic E-state index is 12.8. The third-order valence-electron chi connectivity index (χ3n) is 3.86. The number of carbonyl (C=O) groups is 2. The van der Waals surface area contributed by atoms with Crippen molar-refractivity contribution in [2.24, 2.45) is 4.99 Å². The van der Waals surface area contributed by atoms with Crippen LogP contribution in [0, 0.1) is 6.92 Å². The molecule has 0 aliphatic rings. The van der Waals surface area contributed by atoms with Gasteiger partial charge in [-0.1, -0.05) is 27.3 Å². The number of hydrogen-bond donors (Lipinski definition) is 0. The van der Waals surface area contributed by atoms with Gasteiger partial charge in [0.1, 0.15) is 12.2 Å². The average molecular weight is 451 g/mol. The molecular weight excluding hydrogens is 432 g/mol. The lowest BCUT2D eigenvalue weighted by Crippen LogP contribution is -2.23. The van der Waals surface area contributed by atoms with Gasteiger partial charge in [0.2, 0.25) is 0 Å². The van der Waals surface area contributed by atoms with Gasteiger partial charge in [-0.15, -0.1) is 0 Å². The van der Waals surface area contributed by atoms with Gasteiger partial charge in [-0.25, -0.2) is 0 Å². The van der Waals surface area contributed by atoms with Crippen molar-refractivity contribution in [3.05, 3.63) is 44.9 Å². The molecule has 0 fully saturated rings. The van der Waals surface area contributed by atoms with Crippen molar-refractivity contribution < 1.29 is 14.3 Å². The van der Waals surface area contributed by atoms with Gasteiger partial charge in [-0.05, 0) is 45.0 Å². The van der Waals surface area contributed by atoms with E-state index in [1.165, 1.54) is 11.3 Å². The summed E-state index contributed by atoms with van der Waals surface area (Å²) >= 11 is 4.80. The van der Waals surface area contributed by atoms with E-state index in [0.717, 1.165) is 20.4 Å². The van der Waals surface area contributed by atoms with Crippen LogP contribution in [-0.4, -0.2) is 32.8 Å². The highest BCUT2D eigenvalue weighted by Crippen LogP contribution is 2.22. The van der Waals surface area contributed by atoms with E-state index in [-0.39, 0.29) is 18.4 Å². The molecule has 0 aliphatic carbocycles. The van der Waals surface area contributed by atoms with Crippen LogP contribution in [0.5, 0.6) is 0 Å². The molecule has 0 N–H and O–H groups in total. The minimum atomic E-state index is -0.388. The van der Waals surface area contributed by atoms with Crippen LogP contribution >= 0.6 is 27.3 Å². The summed E-state index contributed by atoms with van der Waals surface area (Å²) in [7, 11) is 0. The van der Waals surface area contributed by atoms with Gasteiger partial charge in [0.05, 0.1) is 22.5 Å².